The van der Waals surface area contributed by atoms with E-state index >= 15 is 0 Å². The standard InChI is InChI=1S/C11H14ClN3O3/c1-7-3-2-4-8(5-7)18-10-9(15(16)17)6-13-11(12)14-10/h6-8H,2-5H2,1H3. The minimum absolute atomic E-state index is 0.0286. The predicted molar refractivity (Wildman–Crippen MR) is 65.7 cm³/mol. The highest BCUT2D eigenvalue weighted by molar-refractivity contribution is 6.28. The van der Waals surface area contributed by atoms with Crippen molar-refractivity contribution in [3.05, 3.63) is 21.6 Å². The van der Waals surface area contributed by atoms with Crippen LogP contribution in [0.2, 0.25) is 5.28 Å². The zero-order chi connectivity index (χ0) is 13.1. The summed E-state index contributed by atoms with van der Waals surface area (Å²) in [6.07, 6.45) is 5.07. The predicted octanol–water partition coefficient (Wildman–Crippen LogP) is 3.00. The quantitative estimate of drug-likeness (QED) is 0.480. The van der Waals surface area contributed by atoms with E-state index in [4.69, 9.17) is 16.3 Å². The lowest BCUT2D eigenvalue weighted by Crippen LogP contribution is -2.24. The number of halogens is 1. The van der Waals surface area contributed by atoms with Crippen LogP contribution in [0.3, 0.4) is 0 Å². The molecule has 0 N–H and O–H groups in total. The summed E-state index contributed by atoms with van der Waals surface area (Å²) in [7, 11) is 0. The molecule has 1 aromatic heterocycles. The first kappa shape index (κ1) is 13.0. The Balaban J connectivity index is 2.16. The zero-order valence-electron chi connectivity index (χ0n) is 10.0. The minimum atomic E-state index is -0.558. The number of hydrogen-bond donors (Lipinski definition) is 0. The first-order valence-corrected chi connectivity index (χ1v) is 6.27. The molecule has 0 spiro atoms. The summed E-state index contributed by atoms with van der Waals surface area (Å²) >= 11 is 5.64. The van der Waals surface area contributed by atoms with E-state index in [-0.39, 0.29) is 23.0 Å². The van der Waals surface area contributed by atoms with Crippen LogP contribution in [0.4, 0.5) is 5.69 Å². The summed E-state index contributed by atoms with van der Waals surface area (Å²) < 4.78 is 5.62. The van der Waals surface area contributed by atoms with Crippen LogP contribution in [0.1, 0.15) is 32.6 Å². The Morgan fingerprint density at radius 1 is 1.56 bits per heavy atom. The molecule has 1 aromatic rings. The number of rotatable bonds is 3. The molecule has 0 saturated heterocycles. The summed E-state index contributed by atoms with van der Waals surface area (Å²) in [5, 5.41) is 10.8. The number of nitro groups is 1. The Kier molecular flexibility index (Phi) is 3.96. The maximum Gasteiger partial charge on any atom is 0.349 e. The average Bonchev–Trinajstić information content (AvgIpc) is 2.28. The van der Waals surface area contributed by atoms with Crippen LogP contribution >= 0.6 is 11.6 Å². The minimum Gasteiger partial charge on any atom is -0.469 e. The van der Waals surface area contributed by atoms with Crippen LogP contribution in [0, 0.1) is 16.0 Å². The third kappa shape index (κ3) is 3.07. The highest BCUT2D eigenvalue weighted by Gasteiger charge is 2.25. The fourth-order valence-electron chi connectivity index (χ4n) is 2.19. The molecule has 7 heteroatoms. The maximum absolute atomic E-state index is 10.8. The number of nitrogens with zero attached hydrogens (tertiary/aromatic N) is 3. The third-order valence-electron chi connectivity index (χ3n) is 3.07. The van der Waals surface area contributed by atoms with E-state index in [1.54, 1.807) is 0 Å². The van der Waals surface area contributed by atoms with Crippen molar-refractivity contribution in [2.24, 2.45) is 5.92 Å². The molecular weight excluding hydrogens is 258 g/mol. The van der Waals surface area contributed by atoms with Crippen LogP contribution in [0.5, 0.6) is 5.88 Å². The molecule has 0 aliphatic heterocycles. The Morgan fingerprint density at radius 3 is 3.00 bits per heavy atom. The first-order valence-electron chi connectivity index (χ1n) is 5.90. The van der Waals surface area contributed by atoms with Gasteiger partial charge in [0.2, 0.25) is 5.28 Å². The van der Waals surface area contributed by atoms with Crippen molar-refractivity contribution >= 4 is 17.3 Å². The van der Waals surface area contributed by atoms with Gasteiger partial charge in [-0.15, -0.1) is 0 Å². The van der Waals surface area contributed by atoms with Gasteiger partial charge in [-0.3, -0.25) is 10.1 Å². The van der Waals surface area contributed by atoms with E-state index in [9.17, 15) is 10.1 Å². The SMILES string of the molecule is CC1CCCC(Oc2nc(Cl)ncc2[N+](=O)[O-])C1. The van der Waals surface area contributed by atoms with Gasteiger partial charge in [-0.2, -0.15) is 4.98 Å². The number of hydrogen-bond acceptors (Lipinski definition) is 5. The Morgan fingerprint density at radius 2 is 2.33 bits per heavy atom. The maximum atomic E-state index is 10.8. The molecule has 1 saturated carbocycles. The number of aromatic nitrogens is 2. The lowest BCUT2D eigenvalue weighted by molar-refractivity contribution is -0.386. The second-order valence-electron chi connectivity index (χ2n) is 4.60. The summed E-state index contributed by atoms with van der Waals surface area (Å²) in [4.78, 5) is 17.7. The van der Waals surface area contributed by atoms with E-state index < -0.39 is 4.92 Å². The Bertz CT molecular complexity index is 455. The summed E-state index contributed by atoms with van der Waals surface area (Å²) in [6.45, 7) is 2.15. The molecular formula is C11H14ClN3O3. The van der Waals surface area contributed by atoms with Crippen molar-refractivity contribution in [3.63, 3.8) is 0 Å². The topological polar surface area (TPSA) is 78.2 Å². The van der Waals surface area contributed by atoms with Crippen LogP contribution in [0.25, 0.3) is 0 Å². The van der Waals surface area contributed by atoms with E-state index in [1.807, 2.05) is 0 Å². The molecule has 1 heterocycles. The molecule has 0 radical (unpaired) electrons. The van der Waals surface area contributed by atoms with Gasteiger partial charge < -0.3 is 4.74 Å². The van der Waals surface area contributed by atoms with Gasteiger partial charge in [-0.05, 0) is 36.8 Å². The summed E-state index contributed by atoms with van der Waals surface area (Å²) in [6, 6.07) is 0. The van der Waals surface area contributed by atoms with Crippen LogP contribution in [-0.4, -0.2) is 21.0 Å². The second kappa shape index (κ2) is 5.48. The van der Waals surface area contributed by atoms with Crippen molar-refractivity contribution in [2.45, 2.75) is 38.7 Å². The monoisotopic (exact) mass is 271 g/mol. The zero-order valence-corrected chi connectivity index (χ0v) is 10.8. The van der Waals surface area contributed by atoms with Gasteiger partial charge in [0.05, 0.1) is 4.92 Å². The Labute approximate surface area is 109 Å². The van der Waals surface area contributed by atoms with Crippen LogP contribution in [-0.2, 0) is 0 Å². The van der Waals surface area contributed by atoms with Gasteiger partial charge in [0.15, 0.2) is 0 Å². The average molecular weight is 272 g/mol. The highest BCUT2D eigenvalue weighted by atomic mass is 35.5. The van der Waals surface area contributed by atoms with Gasteiger partial charge in [0, 0.05) is 0 Å². The van der Waals surface area contributed by atoms with Gasteiger partial charge >= 0.3 is 5.69 Å². The highest BCUT2D eigenvalue weighted by Crippen LogP contribution is 2.31. The lowest BCUT2D eigenvalue weighted by Gasteiger charge is -2.26. The summed E-state index contributed by atoms with van der Waals surface area (Å²) in [5.74, 6) is 0.541. The van der Waals surface area contributed by atoms with Crippen molar-refractivity contribution in [1.29, 1.82) is 0 Å². The van der Waals surface area contributed by atoms with Gasteiger partial charge in [0.25, 0.3) is 5.88 Å². The molecule has 0 aromatic carbocycles. The smallest absolute Gasteiger partial charge is 0.349 e. The van der Waals surface area contributed by atoms with Gasteiger partial charge in [0.1, 0.15) is 12.3 Å². The Hall–Kier alpha value is -1.43. The summed E-state index contributed by atoms with van der Waals surface area (Å²) in [5.41, 5.74) is -0.238. The number of ether oxygens (including phenoxy) is 1. The molecule has 1 fully saturated rings. The fourth-order valence-corrected chi connectivity index (χ4v) is 2.32. The largest absolute Gasteiger partial charge is 0.469 e. The molecule has 2 atom stereocenters. The fraction of sp³-hybridized carbons (Fsp3) is 0.636. The van der Waals surface area contributed by atoms with E-state index in [2.05, 4.69) is 16.9 Å². The molecule has 0 bridgehead atoms. The molecule has 0 amide bonds. The van der Waals surface area contributed by atoms with Crippen molar-refractivity contribution < 1.29 is 9.66 Å². The van der Waals surface area contributed by atoms with E-state index in [1.165, 1.54) is 6.42 Å². The van der Waals surface area contributed by atoms with Crippen LogP contribution in [0.15, 0.2) is 6.20 Å². The van der Waals surface area contributed by atoms with Crippen molar-refractivity contribution in [1.82, 2.24) is 9.97 Å². The third-order valence-corrected chi connectivity index (χ3v) is 3.25. The van der Waals surface area contributed by atoms with Gasteiger partial charge in [-0.25, -0.2) is 4.98 Å². The molecule has 6 nitrogen and oxygen atoms in total. The van der Waals surface area contributed by atoms with Crippen molar-refractivity contribution in [3.8, 4) is 5.88 Å². The van der Waals surface area contributed by atoms with Gasteiger partial charge in [-0.1, -0.05) is 13.3 Å². The molecule has 1 aliphatic rings. The second-order valence-corrected chi connectivity index (χ2v) is 4.94. The normalized spacial score (nSPS) is 23.7. The molecule has 18 heavy (non-hydrogen) atoms. The first-order chi connectivity index (χ1) is 8.56. The molecule has 2 rings (SSSR count). The molecule has 2 unspecified atom stereocenters. The lowest BCUT2D eigenvalue weighted by atomic mass is 9.89. The van der Waals surface area contributed by atoms with Crippen molar-refractivity contribution in [2.75, 3.05) is 0 Å². The van der Waals surface area contributed by atoms with E-state index in [0.717, 1.165) is 25.5 Å². The molecule has 1 aliphatic carbocycles. The molecule has 98 valence electrons. The van der Waals surface area contributed by atoms with Crippen LogP contribution < -0.4 is 4.74 Å². The van der Waals surface area contributed by atoms with E-state index in [0.29, 0.717) is 5.92 Å².